The van der Waals surface area contributed by atoms with Crippen LogP contribution in [0.3, 0.4) is 0 Å². The largest absolute Gasteiger partial charge is 0.492 e. The monoisotopic (exact) mass is 290 g/mol. The number of rotatable bonds is 6. The Hall–Kier alpha value is -1.55. The van der Waals surface area contributed by atoms with Crippen LogP contribution in [-0.2, 0) is 4.79 Å². The van der Waals surface area contributed by atoms with Crippen molar-refractivity contribution in [3.8, 4) is 5.75 Å². The molecule has 116 valence electrons. The molecule has 0 spiro atoms. The van der Waals surface area contributed by atoms with E-state index in [9.17, 15) is 4.79 Å². The van der Waals surface area contributed by atoms with Crippen LogP contribution in [0, 0.1) is 6.92 Å². The Kier molecular flexibility index (Phi) is 6.05. The van der Waals surface area contributed by atoms with Gasteiger partial charge in [-0.3, -0.25) is 9.69 Å². The Morgan fingerprint density at radius 2 is 1.95 bits per heavy atom. The number of carbonyl (C=O) groups is 1. The van der Waals surface area contributed by atoms with Gasteiger partial charge >= 0.3 is 0 Å². The molecule has 2 rings (SSSR count). The minimum absolute atomic E-state index is 0.244. The summed E-state index contributed by atoms with van der Waals surface area (Å²) < 4.78 is 5.77. The van der Waals surface area contributed by atoms with Gasteiger partial charge in [-0.25, -0.2) is 0 Å². The molecule has 0 saturated carbocycles. The number of carbonyl (C=O) groups excluding carboxylic acids is 1. The maximum absolute atomic E-state index is 12.1. The highest BCUT2D eigenvalue weighted by atomic mass is 16.5. The molecule has 0 radical (unpaired) electrons. The molecule has 1 amide bonds. The predicted molar refractivity (Wildman–Crippen MR) is 84.6 cm³/mol. The number of hydrogen-bond acceptors (Lipinski definition) is 3. The van der Waals surface area contributed by atoms with E-state index in [0.717, 1.165) is 43.8 Å². The fraction of sp³-hybridized carbons (Fsp3) is 0.588. The molecule has 4 nitrogen and oxygen atoms in total. The molecule has 1 aromatic carbocycles. The van der Waals surface area contributed by atoms with Crippen LogP contribution in [0.1, 0.15) is 24.8 Å². The van der Waals surface area contributed by atoms with Crippen molar-refractivity contribution in [1.82, 2.24) is 9.80 Å². The van der Waals surface area contributed by atoms with Crippen LogP contribution in [-0.4, -0.2) is 55.5 Å². The fourth-order valence-corrected chi connectivity index (χ4v) is 2.58. The Labute approximate surface area is 127 Å². The Morgan fingerprint density at radius 3 is 2.67 bits per heavy atom. The number of likely N-dealkylation sites (N-methyl/N-ethyl adjacent to an activating group) is 1. The van der Waals surface area contributed by atoms with Crippen LogP contribution in [0.4, 0.5) is 0 Å². The molecular weight excluding hydrogens is 264 g/mol. The summed E-state index contributed by atoms with van der Waals surface area (Å²) in [5, 5.41) is 0. The third-order valence-electron chi connectivity index (χ3n) is 3.94. The number of aryl methyl sites for hydroxylation is 1. The number of para-hydroxylation sites is 1. The maximum Gasteiger partial charge on any atom is 0.236 e. The number of nitrogens with zero attached hydrogens (tertiary/aromatic N) is 2. The number of ether oxygens (including phenoxy) is 1. The first-order valence-corrected chi connectivity index (χ1v) is 7.81. The van der Waals surface area contributed by atoms with Gasteiger partial charge < -0.3 is 9.64 Å². The molecule has 0 unspecified atom stereocenters. The quantitative estimate of drug-likeness (QED) is 0.806. The summed E-state index contributed by atoms with van der Waals surface area (Å²) in [6.07, 6.45) is 3.54. The highest BCUT2D eigenvalue weighted by Crippen LogP contribution is 2.15. The van der Waals surface area contributed by atoms with Crippen LogP contribution in [0.5, 0.6) is 5.75 Å². The summed E-state index contributed by atoms with van der Waals surface area (Å²) in [6.45, 7) is 5.73. The van der Waals surface area contributed by atoms with Gasteiger partial charge in [0.2, 0.25) is 5.91 Å². The minimum Gasteiger partial charge on any atom is -0.492 e. The first kappa shape index (κ1) is 15.8. The van der Waals surface area contributed by atoms with E-state index in [1.165, 1.54) is 6.42 Å². The fourth-order valence-electron chi connectivity index (χ4n) is 2.58. The van der Waals surface area contributed by atoms with Crippen LogP contribution in [0.2, 0.25) is 0 Å². The van der Waals surface area contributed by atoms with Crippen LogP contribution >= 0.6 is 0 Å². The second-order valence-corrected chi connectivity index (χ2v) is 5.79. The van der Waals surface area contributed by atoms with Gasteiger partial charge in [0.25, 0.3) is 0 Å². The van der Waals surface area contributed by atoms with E-state index in [4.69, 9.17) is 4.74 Å². The molecule has 0 atom stereocenters. The zero-order valence-electron chi connectivity index (χ0n) is 13.2. The van der Waals surface area contributed by atoms with Crippen molar-refractivity contribution in [3.63, 3.8) is 0 Å². The second kappa shape index (κ2) is 8.03. The number of piperidine rings is 1. The van der Waals surface area contributed by atoms with Crippen molar-refractivity contribution in [2.45, 2.75) is 26.2 Å². The lowest BCUT2D eigenvalue weighted by atomic mass is 10.1. The van der Waals surface area contributed by atoms with Gasteiger partial charge in [-0.1, -0.05) is 18.2 Å². The normalized spacial score (nSPS) is 15.3. The van der Waals surface area contributed by atoms with E-state index in [1.807, 2.05) is 48.0 Å². The zero-order chi connectivity index (χ0) is 15.1. The average Bonchev–Trinajstić information content (AvgIpc) is 2.50. The molecule has 1 aliphatic rings. The van der Waals surface area contributed by atoms with Gasteiger partial charge in [-0.05, 0) is 44.9 Å². The molecule has 0 aromatic heterocycles. The van der Waals surface area contributed by atoms with Crippen molar-refractivity contribution in [2.24, 2.45) is 0 Å². The van der Waals surface area contributed by atoms with Gasteiger partial charge in [0.1, 0.15) is 12.4 Å². The Balaban J connectivity index is 1.68. The predicted octanol–water partition coefficient (Wildman–Crippen LogP) is 2.32. The van der Waals surface area contributed by atoms with E-state index in [0.29, 0.717) is 13.2 Å². The third kappa shape index (κ3) is 5.05. The van der Waals surface area contributed by atoms with Gasteiger partial charge in [0, 0.05) is 19.6 Å². The second-order valence-electron chi connectivity index (χ2n) is 5.79. The highest BCUT2D eigenvalue weighted by Gasteiger charge is 2.17. The first-order chi connectivity index (χ1) is 10.2. The summed E-state index contributed by atoms with van der Waals surface area (Å²) in [7, 11) is 1.98. The van der Waals surface area contributed by atoms with E-state index in [1.54, 1.807) is 0 Å². The molecule has 0 aliphatic carbocycles. The topological polar surface area (TPSA) is 32.8 Å². The van der Waals surface area contributed by atoms with Crippen molar-refractivity contribution in [2.75, 3.05) is 39.8 Å². The summed E-state index contributed by atoms with van der Waals surface area (Å²) in [5.41, 5.74) is 1.14. The lowest BCUT2D eigenvalue weighted by Gasteiger charge is -2.28. The molecule has 1 fully saturated rings. The van der Waals surface area contributed by atoms with E-state index >= 15 is 0 Å². The first-order valence-electron chi connectivity index (χ1n) is 7.81. The summed E-state index contributed by atoms with van der Waals surface area (Å²) in [5.74, 6) is 1.17. The van der Waals surface area contributed by atoms with Gasteiger partial charge in [-0.2, -0.15) is 0 Å². The molecular formula is C17H26N2O2. The highest BCUT2D eigenvalue weighted by molar-refractivity contribution is 5.78. The lowest BCUT2D eigenvalue weighted by Crippen LogP contribution is -2.42. The molecule has 1 saturated heterocycles. The Bertz CT molecular complexity index is 456. The van der Waals surface area contributed by atoms with E-state index in [2.05, 4.69) is 0 Å². The zero-order valence-corrected chi connectivity index (χ0v) is 13.2. The Morgan fingerprint density at radius 1 is 1.24 bits per heavy atom. The number of hydrogen-bond donors (Lipinski definition) is 0. The average molecular weight is 290 g/mol. The van der Waals surface area contributed by atoms with Crippen LogP contribution < -0.4 is 4.74 Å². The summed E-state index contributed by atoms with van der Waals surface area (Å²) in [4.78, 5) is 16.2. The summed E-state index contributed by atoms with van der Waals surface area (Å²) in [6, 6.07) is 8.00. The van der Waals surface area contributed by atoms with Crippen molar-refractivity contribution in [1.29, 1.82) is 0 Å². The van der Waals surface area contributed by atoms with Crippen molar-refractivity contribution < 1.29 is 9.53 Å². The van der Waals surface area contributed by atoms with E-state index in [-0.39, 0.29) is 5.91 Å². The SMILES string of the molecule is Cc1ccccc1OCCN(C)CC(=O)N1CCCCC1. The van der Waals surface area contributed by atoms with Crippen LogP contribution in [0.15, 0.2) is 24.3 Å². The number of likely N-dealkylation sites (tertiary alicyclic amines) is 1. The molecule has 0 bridgehead atoms. The van der Waals surface area contributed by atoms with Crippen LogP contribution in [0.25, 0.3) is 0 Å². The van der Waals surface area contributed by atoms with Gasteiger partial charge in [0.15, 0.2) is 0 Å². The molecule has 0 N–H and O–H groups in total. The number of benzene rings is 1. The summed E-state index contributed by atoms with van der Waals surface area (Å²) >= 11 is 0. The van der Waals surface area contributed by atoms with Crippen molar-refractivity contribution >= 4 is 5.91 Å². The number of amides is 1. The maximum atomic E-state index is 12.1. The smallest absolute Gasteiger partial charge is 0.236 e. The minimum atomic E-state index is 0.244. The van der Waals surface area contributed by atoms with Gasteiger partial charge in [-0.15, -0.1) is 0 Å². The van der Waals surface area contributed by atoms with Crippen molar-refractivity contribution in [3.05, 3.63) is 29.8 Å². The lowest BCUT2D eigenvalue weighted by molar-refractivity contribution is -0.133. The molecule has 21 heavy (non-hydrogen) atoms. The molecule has 4 heteroatoms. The van der Waals surface area contributed by atoms with E-state index < -0.39 is 0 Å². The van der Waals surface area contributed by atoms with Gasteiger partial charge in [0.05, 0.1) is 6.54 Å². The molecule has 1 aliphatic heterocycles. The third-order valence-corrected chi connectivity index (χ3v) is 3.94. The molecule has 1 heterocycles. The molecule has 1 aromatic rings. The standard InChI is InChI=1S/C17H26N2O2/c1-15-8-4-5-9-16(15)21-13-12-18(2)14-17(20)19-10-6-3-7-11-19/h4-5,8-9H,3,6-7,10-14H2,1-2H3.